The van der Waals surface area contributed by atoms with Gasteiger partial charge in [-0.1, -0.05) is 0 Å². The van der Waals surface area contributed by atoms with E-state index in [9.17, 15) is 13.2 Å². The quantitative estimate of drug-likeness (QED) is 0.863. The lowest BCUT2D eigenvalue weighted by molar-refractivity contribution is -0.137. The number of hydrogen-bond acceptors (Lipinski definition) is 2. The summed E-state index contributed by atoms with van der Waals surface area (Å²) in [5.41, 5.74) is -0.139. The maximum absolute atomic E-state index is 12.5. The molecule has 0 aliphatic heterocycles. The molecule has 1 aromatic carbocycles. The zero-order chi connectivity index (χ0) is 12.2. The summed E-state index contributed by atoms with van der Waals surface area (Å²) in [5.74, 6) is 0.491. The summed E-state index contributed by atoms with van der Waals surface area (Å²) in [7, 11) is 1.68. The standard InChI is InChI=1S/C11H14F3NO/c1-3-16-10-5-4-9(11(12,13)14)6-8(10)7-15-2/h4-6,15H,3,7H2,1-2H3. The number of alkyl halides is 3. The van der Waals surface area contributed by atoms with Crippen LogP contribution in [0.25, 0.3) is 0 Å². The fraction of sp³-hybridized carbons (Fsp3) is 0.455. The molecule has 1 rings (SSSR count). The van der Waals surface area contributed by atoms with Crippen molar-refractivity contribution in [1.82, 2.24) is 5.32 Å². The van der Waals surface area contributed by atoms with Gasteiger partial charge in [0.15, 0.2) is 0 Å². The van der Waals surface area contributed by atoms with E-state index in [2.05, 4.69) is 5.32 Å². The molecule has 0 spiro atoms. The summed E-state index contributed by atoms with van der Waals surface area (Å²) in [6.07, 6.45) is -4.31. The van der Waals surface area contributed by atoms with Crippen molar-refractivity contribution >= 4 is 0 Å². The predicted octanol–water partition coefficient (Wildman–Crippen LogP) is 2.82. The van der Waals surface area contributed by atoms with Crippen LogP contribution in [-0.4, -0.2) is 13.7 Å². The Labute approximate surface area is 92.4 Å². The Balaban J connectivity index is 3.06. The van der Waals surface area contributed by atoms with Crippen molar-refractivity contribution in [3.8, 4) is 5.75 Å². The SMILES string of the molecule is CCOc1ccc(C(F)(F)F)cc1CNC. The molecule has 1 aromatic rings. The number of ether oxygens (including phenoxy) is 1. The van der Waals surface area contributed by atoms with Gasteiger partial charge in [-0.3, -0.25) is 0 Å². The predicted molar refractivity (Wildman–Crippen MR) is 55.4 cm³/mol. The third-order valence-electron chi connectivity index (χ3n) is 2.05. The molecule has 0 fully saturated rings. The molecule has 5 heteroatoms. The largest absolute Gasteiger partial charge is 0.494 e. The van der Waals surface area contributed by atoms with E-state index in [0.717, 1.165) is 12.1 Å². The number of rotatable bonds is 4. The van der Waals surface area contributed by atoms with E-state index >= 15 is 0 Å². The van der Waals surface area contributed by atoms with E-state index in [0.29, 0.717) is 24.5 Å². The summed E-state index contributed by atoms with van der Waals surface area (Å²) < 4.78 is 42.6. The average Bonchev–Trinajstić information content (AvgIpc) is 2.19. The van der Waals surface area contributed by atoms with Gasteiger partial charge in [-0.05, 0) is 32.2 Å². The lowest BCUT2D eigenvalue weighted by Crippen LogP contribution is -2.11. The molecular weight excluding hydrogens is 219 g/mol. The third-order valence-corrected chi connectivity index (χ3v) is 2.05. The minimum atomic E-state index is -4.31. The molecule has 90 valence electrons. The van der Waals surface area contributed by atoms with Gasteiger partial charge in [0.2, 0.25) is 0 Å². The van der Waals surface area contributed by atoms with Gasteiger partial charge >= 0.3 is 6.18 Å². The monoisotopic (exact) mass is 233 g/mol. The molecule has 0 saturated heterocycles. The molecule has 0 atom stereocenters. The Morgan fingerprint density at radius 1 is 1.31 bits per heavy atom. The fourth-order valence-electron chi connectivity index (χ4n) is 1.38. The number of nitrogens with one attached hydrogen (secondary N) is 1. The van der Waals surface area contributed by atoms with Crippen LogP contribution in [0.15, 0.2) is 18.2 Å². The molecule has 0 saturated carbocycles. The first kappa shape index (κ1) is 12.8. The van der Waals surface area contributed by atoms with E-state index in [-0.39, 0.29) is 0 Å². The maximum atomic E-state index is 12.5. The normalized spacial score (nSPS) is 11.6. The van der Waals surface area contributed by atoms with Gasteiger partial charge in [0.1, 0.15) is 5.75 Å². The van der Waals surface area contributed by atoms with Crippen molar-refractivity contribution in [1.29, 1.82) is 0 Å². The summed E-state index contributed by atoms with van der Waals surface area (Å²) >= 11 is 0. The van der Waals surface area contributed by atoms with E-state index in [1.807, 2.05) is 0 Å². The van der Waals surface area contributed by atoms with Gasteiger partial charge in [-0.2, -0.15) is 13.2 Å². The molecule has 0 aromatic heterocycles. The van der Waals surface area contributed by atoms with Crippen LogP contribution < -0.4 is 10.1 Å². The first-order valence-corrected chi connectivity index (χ1v) is 4.96. The van der Waals surface area contributed by atoms with Crippen LogP contribution in [0.5, 0.6) is 5.75 Å². The highest BCUT2D eigenvalue weighted by Gasteiger charge is 2.31. The summed E-state index contributed by atoms with van der Waals surface area (Å²) in [6, 6.07) is 3.50. The summed E-state index contributed by atoms with van der Waals surface area (Å²) in [4.78, 5) is 0. The molecule has 0 aliphatic carbocycles. The molecule has 2 nitrogen and oxygen atoms in total. The molecule has 0 radical (unpaired) electrons. The molecule has 0 amide bonds. The highest BCUT2D eigenvalue weighted by molar-refractivity contribution is 5.38. The highest BCUT2D eigenvalue weighted by atomic mass is 19.4. The van der Waals surface area contributed by atoms with Crippen molar-refractivity contribution in [3.05, 3.63) is 29.3 Å². The lowest BCUT2D eigenvalue weighted by atomic mass is 10.1. The molecule has 1 N–H and O–H groups in total. The smallest absolute Gasteiger partial charge is 0.416 e. The first-order chi connectivity index (χ1) is 7.49. The molecule has 0 bridgehead atoms. The van der Waals surface area contributed by atoms with Crippen LogP contribution >= 0.6 is 0 Å². The zero-order valence-electron chi connectivity index (χ0n) is 9.19. The minimum Gasteiger partial charge on any atom is -0.494 e. The zero-order valence-corrected chi connectivity index (χ0v) is 9.19. The van der Waals surface area contributed by atoms with E-state index in [1.54, 1.807) is 14.0 Å². The van der Waals surface area contributed by atoms with Gasteiger partial charge in [0.05, 0.1) is 12.2 Å². The van der Waals surface area contributed by atoms with Crippen LogP contribution in [-0.2, 0) is 12.7 Å². The Kier molecular flexibility index (Phi) is 4.18. The molecular formula is C11H14F3NO. The van der Waals surface area contributed by atoms with Crippen molar-refractivity contribution in [2.24, 2.45) is 0 Å². The van der Waals surface area contributed by atoms with Crippen LogP contribution in [0, 0.1) is 0 Å². The van der Waals surface area contributed by atoms with Gasteiger partial charge in [-0.15, -0.1) is 0 Å². The average molecular weight is 233 g/mol. The van der Waals surface area contributed by atoms with E-state index in [4.69, 9.17) is 4.74 Å². The minimum absolute atomic E-state index is 0.346. The van der Waals surface area contributed by atoms with Crippen molar-refractivity contribution in [3.63, 3.8) is 0 Å². The van der Waals surface area contributed by atoms with Crippen LogP contribution in [0.4, 0.5) is 13.2 Å². The van der Waals surface area contributed by atoms with Crippen LogP contribution in [0.2, 0.25) is 0 Å². The van der Waals surface area contributed by atoms with Crippen LogP contribution in [0.3, 0.4) is 0 Å². The number of hydrogen-bond donors (Lipinski definition) is 1. The third kappa shape index (κ3) is 3.13. The Morgan fingerprint density at radius 3 is 2.50 bits per heavy atom. The van der Waals surface area contributed by atoms with Gasteiger partial charge in [0.25, 0.3) is 0 Å². The van der Waals surface area contributed by atoms with Gasteiger partial charge in [0, 0.05) is 12.1 Å². The van der Waals surface area contributed by atoms with Crippen molar-refractivity contribution < 1.29 is 17.9 Å². The topological polar surface area (TPSA) is 21.3 Å². The fourth-order valence-corrected chi connectivity index (χ4v) is 1.38. The summed E-state index contributed by atoms with van der Waals surface area (Å²) in [5, 5.41) is 2.81. The Bertz CT molecular complexity index is 350. The van der Waals surface area contributed by atoms with E-state index in [1.165, 1.54) is 6.07 Å². The second-order valence-electron chi connectivity index (χ2n) is 3.28. The second kappa shape index (κ2) is 5.21. The van der Waals surface area contributed by atoms with Crippen molar-refractivity contribution in [2.45, 2.75) is 19.6 Å². The lowest BCUT2D eigenvalue weighted by Gasteiger charge is -2.13. The molecule has 0 unspecified atom stereocenters. The number of halogens is 3. The first-order valence-electron chi connectivity index (χ1n) is 4.96. The van der Waals surface area contributed by atoms with Crippen LogP contribution in [0.1, 0.15) is 18.1 Å². The highest BCUT2D eigenvalue weighted by Crippen LogP contribution is 2.32. The van der Waals surface area contributed by atoms with E-state index < -0.39 is 11.7 Å². The van der Waals surface area contributed by atoms with Gasteiger partial charge in [-0.25, -0.2) is 0 Å². The number of benzene rings is 1. The maximum Gasteiger partial charge on any atom is 0.416 e. The Morgan fingerprint density at radius 2 is 2.00 bits per heavy atom. The van der Waals surface area contributed by atoms with Crippen molar-refractivity contribution in [2.75, 3.05) is 13.7 Å². The Hall–Kier alpha value is -1.23. The second-order valence-corrected chi connectivity index (χ2v) is 3.28. The summed E-state index contributed by atoms with van der Waals surface area (Å²) in [6.45, 7) is 2.57. The molecule has 16 heavy (non-hydrogen) atoms. The molecule has 0 aliphatic rings. The van der Waals surface area contributed by atoms with Gasteiger partial charge < -0.3 is 10.1 Å². The molecule has 0 heterocycles.